The first kappa shape index (κ1) is 12.5. The zero-order valence-corrected chi connectivity index (χ0v) is 13.9. The molecule has 1 saturated heterocycles. The predicted molar refractivity (Wildman–Crippen MR) is 62.1 cm³/mol. The van der Waals surface area contributed by atoms with Crippen LogP contribution in [0.5, 0.6) is 0 Å². The van der Waals surface area contributed by atoms with E-state index in [1.54, 1.807) is 0 Å². The molecule has 0 aromatic heterocycles. The first-order valence-electron chi connectivity index (χ1n) is 2.54. The van der Waals surface area contributed by atoms with Gasteiger partial charge in [-0.05, 0) is 12.8 Å². The average molecular weight is 603 g/mol. The van der Waals surface area contributed by atoms with E-state index in [-0.39, 0.29) is 0 Å². The van der Waals surface area contributed by atoms with Crippen LogP contribution in [0.2, 0.25) is 0 Å². The van der Waals surface area contributed by atoms with Gasteiger partial charge >= 0.3 is 60.9 Å². The zero-order valence-electron chi connectivity index (χ0n) is 4.78. The van der Waals surface area contributed by atoms with E-state index in [9.17, 15) is 0 Å². The zero-order chi connectivity index (χ0) is 7.11. The minimum atomic E-state index is -0.618. The third-order valence-corrected chi connectivity index (χ3v) is 0.827. The fraction of sp³-hybridized carbons (Fsp3) is 1.00. The van der Waals surface area contributed by atoms with Crippen LogP contribution in [0.3, 0.4) is 0 Å². The second-order valence-electron chi connectivity index (χ2n) is 1.49. The molecule has 1 aliphatic rings. The van der Waals surface area contributed by atoms with Gasteiger partial charge in [0.15, 0.2) is 0 Å². The van der Waals surface area contributed by atoms with Crippen LogP contribution in [0.25, 0.3) is 0 Å². The molecule has 5 heteroatoms. The van der Waals surface area contributed by atoms with Crippen molar-refractivity contribution in [2.24, 2.45) is 0 Å². The quantitative estimate of drug-likeness (QED) is 0.386. The van der Waals surface area contributed by atoms with E-state index in [4.69, 9.17) is 4.74 Å². The van der Waals surface area contributed by atoms with E-state index in [0.29, 0.717) is 0 Å². The second kappa shape index (κ2) is 9.57. The summed E-state index contributed by atoms with van der Waals surface area (Å²) < 4.78 is 4.94. The van der Waals surface area contributed by atoms with Crippen LogP contribution >= 0.6 is 42.9 Å². The van der Waals surface area contributed by atoms with Gasteiger partial charge in [0.2, 0.25) is 0 Å². The topological polar surface area (TPSA) is 9.23 Å². The third kappa shape index (κ3) is 14.4. The van der Waals surface area contributed by atoms with Crippen molar-refractivity contribution in [2.45, 2.75) is 12.8 Å². The first-order valence-corrected chi connectivity index (χ1v) is 25.1. The van der Waals surface area contributed by atoms with Gasteiger partial charge in [-0.1, -0.05) is 0 Å². The Morgan fingerprint density at radius 1 is 1.00 bits per heavy atom. The molecule has 1 nitrogen and oxygen atoms in total. The molecule has 0 saturated carbocycles. The molecule has 1 rings (SSSR count). The summed E-state index contributed by atoms with van der Waals surface area (Å²) in [5.41, 5.74) is 0. The van der Waals surface area contributed by atoms with Gasteiger partial charge in [0.05, 0.1) is 0 Å². The van der Waals surface area contributed by atoms with Crippen LogP contribution in [-0.4, -0.2) is 13.2 Å². The van der Waals surface area contributed by atoms with E-state index in [2.05, 4.69) is 42.9 Å². The van der Waals surface area contributed by atoms with Gasteiger partial charge in [-0.3, -0.25) is 0 Å². The predicted octanol–water partition coefficient (Wildman–Crippen LogP) is 3.45. The van der Waals surface area contributed by atoms with Crippen molar-refractivity contribution in [1.82, 2.24) is 0 Å². The average Bonchev–Trinajstić information content (AvgIpc) is 2.11. The summed E-state index contributed by atoms with van der Waals surface area (Å²) in [7, 11) is 0. The van der Waals surface area contributed by atoms with Gasteiger partial charge in [0.1, 0.15) is 0 Å². The van der Waals surface area contributed by atoms with E-state index in [0.717, 1.165) is 13.2 Å². The van der Waals surface area contributed by atoms with Crippen LogP contribution in [0.1, 0.15) is 12.8 Å². The molecule has 1 fully saturated rings. The van der Waals surface area contributed by atoms with Crippen molar-refractivity contribution in [3.05, 3.63) is 0 Å². The molecule has 1 heterocycles. The summed E-state index contributed by atoms with van der Waals surface area (Å²) in [6.07, 6.45) is 2.56. The summed E-state index contributed by atoms with van der Waals surface area (Å²) in [6.45, 7) is 2.00. The number of halogens is 3. The Balaban J connectivity index is 0.000000148. The van der Waals surface area contributed by atoms with Gasteiger partial charge in [-0.25, -0.2) is 0 Å². The summed E-state index contributed by atoms with van der Waals surface area (Å²) in [5, 5.41) is 0. The third-order valence-electron chi connectivity index (χ3n) is 0.827. The monoisotopic (exact) mass is 605 g/mol. The van der Waals surface area contributed by atoms with Crippen molar-refractivity contribution in [1.29, 1.82) is 0 Å². The fourth-order valence-corrected chi connectivity index (χ4v) is 0.510. The van der Waals surface area contributed by atoms with Crippen molar-refractivity contribution in [3.63, 3.8) is 0 Å². The van der Waals surface area contributed by atoms with Crippen LogP contribution in [0.15, 0.2) is 0 Å². The summed E-state index contributed by atoms with van der Waals surface area (Å²) in [4.78, 5) is 0. The van der Waals surface area contributed by atoms with E-state index in [1.165, 1.54) is 12.8 Å². The summed E-state index contributed by atoms with van der Waals surface area (Å²) in [6, 6.07) is 0. The Labute approximate surface area is 88.5 Å². The minimum absolute atomic E-state index is 0.618. The molecular formula is C4H8I3OSm. The van der Waals surface area contributed by atoms with Gasteiger partial charge in [-0.15, -0.1) is 0 Å². The molecule has 9 heavy (non-hydrogen) atoms. The number of hydrogen-bond acceptors (Lipinski definition) is 1. The van der Waals surface area contributed by atoms with Crippen LogP contribution in [-0.2, 0) is 4.74 Å². The molecule has 0 atom stereocenters. The molecule has 0 unspecified atom stereocenters. The Hall–Kier alpha value is 3.49. The molecule has 0 aromatic rings. The second-order valence-corrected chi connectivity index (χ2v) is 59.7. The van der Waals surface area contributed by atoms with Crippen molar-refractivity contribution < 1.29 is 22.7 Å². The Morgan fingerprint density at radius 2 is 1.33 bits per heavy atom. The molecule has 0 aromatic carbocycles. The SMILES string of the molecule is C1CCOC1.[I][Sm]([I])[I]. The van der Waals surface area contributed by atoms with Gasteiger partial charge in [0.25, 0.3) is 0 Å². The molecule has 0 bridgehead atoms. The number of rotatable bonds is 0. The van der Waals surface area contributed by atoms with E-state index in [1.807, 2.05) is 0 Å². The van der Waals surface area contributed by atoms with Gasteiger partial charge < -0.3 is 4.74 Å². The Kier molecular flexibility index (Phi) is 13.3. The maximum atomic E-state index is 4.94. The van der Waals surface area contributed by atoms with Gasteiger partial charge in [-0.2, -0.15) is 0 Å². The fourth-order valence-electron chi connectivity index (χ4n) is 0.510. The Bertz CT molecular complexity index is 47.4. The molecule has 0 N–H and O–H groups in total. The molecule has 0 spiro atoms. The number of hydrogen-bond donors (Lipinski definition) is 0. The van der Waals surface area contributed by atoms with Crippen molar-refractivity contribution in [2.75, 3.05) is 13.2 Å². The van der Waals surface area contributed by atoms with E-state index < -0.39 is 18.0 Å². The molecule has 0 radical (unpaired) electrons. The number of ether oxygens (including phenoxy) is 1. The first-order chi connectivity index (χ1) is 4.23. The molecule has 0 amide bonds. The summed E-state index contributed by atoms with van der Waals surface area (Å²) in [5.74, 6) is 0. The summed E-state index contributed by atoms with van der Waals surface area (Å²) >= 11 is 6.92. The molecule has 1 aliphatic heterocycles. The molecule has 57 valence electrons. The molecule has 0 aliphatic carbocycles. The standard InChI is InChI=1S/C4H8O.3HI.Sm/c1-2-4-5-3-1;;;;/h1-4H2;3*1H;/q;;;;+3/p-3. The Morgan fingerprint density at radius 3 is 1.44 bits per heavy atom. The van der Waals surface area contributed by atoms with E-state index >= 15 is 0 Å². The van der Waals surface area contributed by atoms with Crippen molar-refractivity contribution >= 4 is 42.9 Å². The molecular weight excluding hydrogens is 595 g/mol. The van der Waals surface area contributed by atoms with Crippen molar-refractivity contribution in [3.8, 4) is 0 Å². The normalized spacial score (nSPS) is 17.3. The van der Waals surface area contributed by atoms with Crippen LogP contribution in [0, 0.1) is 18.0 Å². The van der Waals surface area contributed by atoms with Crippen LogP contribution < -0.4 is 0 Å². The van der Waals surface area contributed by atoms with Gasteiger partial charge in [0, 0.05) is 13.2 Å². The van der Waals surface area contributed by atoms with Crippen LogP contribution in [0.4, 0.5) is 0 Å². The maximum absolute atomic E-state index is 4.94.